The van der Waals surface area contributed by atoms with Gasteiger partial charge < -0.3 is 4.74 Å². The van der Waals surface area contributed by atoms with Crippen molar-refractivity contribution in [1.29, 1.82) is 0 Å². The third-order valence-corrected chi connectivity index (χ3v) is 6.25. The van der Waals surface area contributed by atoms with Crippen LogP contribution < -0.4 is 4.74 Å². The quantitative estimate of drug-likeness (QED) is 0.309. The molecule has 4 aromatic rings. The number of rotatable bonds is 6. The van der Waals surface area contributed by atoms with Crippen LogP contribution in [0.25, 0.3) is 17.1 Å². The maximum atomic E-state index is 13.2. The van der Waals surface area contributed by atoms with Crippen LogP contribution >= 0.6 is 11.8 Å². The lowest BCUT2D eigenvalue weighted by Gasteiger charge is -2.19. The molecule has 0 amide bonds. The third kappa shape index (κ3) is 4.86. The molecule has 0 bridgehead atoms. The standard InChI is InChI=1S/C26H26FN3OS/c1-26(2,3)20-9-7-19(8-10-20)24-28-29-25(32-17-18-5-11-21(27)12-6-18)30(24)22-13-15-23(31-4)16-14-22/h5-16H,17H2,1-4H3. The number of hydrogen-bond donors (Lipinski definition) is 0. The topological polar surface area (TPSA) is 39.9 Å². The number of nitrogens with zero attached hydrogens (tertiary/aromatic N) is 3. The fourth-order valence-electron chi connectivity index (χ4n) is 3.36. The Balaban J connectivity index is 1.71. The molecule has 0 aliphatic heterocycles. The minimum absolute atomic E-state index is 0.0817. The highest BCUT2D eigenvalue weighted by molar-refractivity contribution is 7.98. The summed E-state index contributed by atoms with van der Waals surface area (Å²) in [4.78, 5) is 0. The molecule has 0 fully saturated rings. The van der Waals surface area contributed by atoms with Crippen molar-refractivity contribution in [1.82, 2.24) is 14.8 Å². The summed E-state index contributed by atoms with van der Waals surface area (Å²) < 4.78 is 20.6. The highest BCUT2D eigenvalue weighted by Crippen LogP contribution is 2.32. The van der Waals surface area contributed by atoms with Crippen LogP contribution in [0.3, 0.4) is 0 Å². The van der Waals surface area contributed by atoms with E-state index in [1.54, 1.807) is 31.0 Å². The lowest BCUT2D eigenvalue weighted by atomic mass is 9.87. The van der Waals surface area contributed by atoms with Crippen molar-refractivity contribution in [2.45, 2.75) is 37.1 Å². The molecule has 0 aliphatic rings. The number of methoxy groups -OCH3 is 1. The van der Waals surface area contributed by atoms with Gasteiger partial charge in [0, 0.05) is 17.0 Å². The van der Waals surface area contributed by atoms with Crippen molar-refractivity contribution in [2.24, 2.45) is 0 Å². The van der Waals surface area contributed by atoms with E-state index in [-0.39, 0.29) is 11.2 Å². The van der Waals surface area contributed by atoms with Crippen molar-refractivity contribution < 1.29 is 9.13 Å². The van der Waals surface area contributed by atoms with Crippen molar-refractivity contribution in [3.8, 4) is 22.8 Å². The molecule has 0 N–H and O–H groups in total. The van der Waals surface area contributed by atoms with Gasteiger partial charge in [-0.15, -0.1) is 10.2 Å². The normalized spacial score (nSPS) is 11.5. The maximum Gasteiger partial charge on any atom is 0.196 e. The number of halogens is 1. The summed E-state index contributed by atoms with van der Waals surface area (Å²) in [6.45, 7) is 6.60. The molecule has 0 spiro atoms. The molecule has 6 heteroatoms. The Morgan fingerprint density at radius 2 is 1.53 bits per heavy atom. The molecule has 4 rings (SSSR count). The Morgan fingerprint density at radius 1 is 0.875 bits per heavy atom. The maximum absolute atomic E-state index is 13.2. The zero-order valence-corrected chi connectivity index (χ0v) is 19.5. The van der Waals surface area contributed by atoms with Gasteiger partial charge in [0.05, 0.1) is 7.11 Å². The summed E-state index contributed by atoms with van der Waals surface area (Å²) >= 11 is 1.57. The molecule has 0 radical (unpaired) electrons. The zero-order valence-electron chi connectivity index (χ0n) is 18.7. The van der Waals surface area contributed by atoms with Crippen LogP contribution in [-0.2, 0) is 11.2 Å². The first kappa shape index (κ1) is 22.1. The van der Waals surface area contributed by atoms with Crippen LogP contribution in [0.4, 0.5) is 4.39 Å². The first-order chi connectivity index (χ1) is 15.3. The Kier molecular flexibility index (Phi) is 6.33. The molecule has 4 nitrogen and oxygen atoms in total. The SMILES string of the molecule is COc1ccc(-n2c(SCc3ccc(F)cc3)nnc2-c2ccc(C(C)(C)C)cc2)cc1. The van der Waals surface area contributed by atoms with E-state index in [0.717, 1.165) is 33.5 Å². The van der Waals surface area contributed by atoms with Gasteiger partial charge in [-0.25, -0.2) is 4.39 Å². The number of thioether (sulfide) groups is 1. The minimum Gasteiger partial charge on any atom is -0.497 e. The molecule has 1 heterocycles. The summed E-state index contributed by atoms with van der Waals surface area (Å²) in [6, 6.07) is 22.9. The number of hydrogen-bond acceptors (Lipinski definition) is 4. The highest BCUT2D eigenvalue weighted by atomic mass is 32.2. The largest absolute Gasteiger partial charge is 0.497 e. The predicted molar refractivity (Wildman–Crippen MR) is 128 cm³/mol. The van der Waals surface area contributed by atoms with Crippen LogP contribution in [0.2, 0.25) is 0 Å². The monoisotopic (exact) mass is 447 g/mol. The molecule has 32 heavy (non-hydrogen) atoms. The van der Waals surface area contributed by atoms with E-state index < -0.39 is 0 Å². The smallest absolute Gasteiger partial charge is 0.196 e. The summed E-state index contributed by atoms with van der Waals surface area (Å²) in [5.41, 5.74) is 4.32. The number of ether oxygens (including phenoxy) is 1. The van der Waals surface area contributed by atoms with Crippen molar-refractivity contribution in [3.63, 3.8) is 0 Å². The lowest BCUT2D eigenvalue weighted by Crippen LogP contribution is -2.10. The van der Waals surface area contributed by atoms with Crippen LogP contribution in [0.15, 0.2) is 78.0 Å². The third-order valence-electron chi connectivity index (χ3n) is 5.25. The molecule has 0 unspecified atom stereocenters. The van der Waals surface area contributed by atoms with Crippen LogP contribution in [-0.4, -0.2) is 21.9 Å². The van der Waals surface area contributed by atoms with Gasteiger partial charge in [0.2, 0.25) is 0 Å². The predicted octanol–water partition coefficient (Wildman–Crippen LogP) is 6.67. The first-order valence-electron chi connectivity index (χ1n) is 10.4. The van der Waals surface area contributed by atoms with Gasteiger partial charge in [-0.2, -0.15) is 0 Å². The number of benzene rings is 3. The van der Waals surface area contributed by atoms with Gasteiger partial charge in [-0.1, -0.05) is 68.9 Å². The van der Waals surface area contributed by atoms with Gasteiger partial charge in [0.1, 0.15) is 11.6 Å². The van der Waals surface area contributed by atoms with Crippen LogP contribution in [0, 0.1) is 5.82 Å². The summed E-state index contributed by atoms with van der Waals surface area (Å²) in [5, 5.41) is 9.78. The minimum atomic E-state index is -0.235. The lowest BCUT2D eigenvalue weighted by molar-refractivity contribution is 0.414. The average molecular weight is 448 g/mol. The van der Waals surface area contributed by atoms with Crippen molar-refractivity contribution in [2.75, 3.05) is 7.11 Å². The van der Waals surface area contributed by atoms with E-state index in [2.05, 4.69) is 59.8 Å². The van der Waals surface area contributed by atoms with Gasteiger partial charge >= 0.3 is 0 Å². The van der Waals surface area contributed by atoms with Gasteiger partial charge in [0.25, 0.3) is 0 Å². The second kappa shape index (κ2) is 9.17. The molecule has 1 aromatic heterocycles. The molecule has 0 saturated carbocycles. The summed E-state index contributed by atoms with van der Waals surface area (Å²) in [6.07, 6.45) is 0. The highest BCUT2D eigenvalue weighted by Gasteiger charge is 2.18. The molecule has 164 valence electrons. The van der Waals surface area contributed by atoms with Gasteiger partial charge in [0.15, 0.2) is 11.0 Å². The van der Waals surface area contributed by atoms with Crippen molar-refractivity contribution in [3.05, 3.63) is 89.7 Å². The molecular weight excluding hydrogens is 421 g/mol. The molecule has 3 aromatic carbocycles. The second-order valence-electron chi connectivity index (χ2n) is 8.58. The molecule has 0 aliphatic carbocycles. The second-order valence-corrected chi connectivity index (χ2v) is 9.52. The van der Waals surface area contributed by atoms with Gasteiger partial charge in [-0.3, -0.25) is 4.57 Å². The van der Waals surface area contributed by atoms with E-state index in [9.17, 15) is 4.39 Å². The fraction of sp³-hybridized carbons (Fsp3) is 0.231. The van der Waals surface area contributed by atoms with Gasteiger partial charge in [-0.05, 0) is 52.9 Å². The van der Waals surface area contributed by atoms with E-state index in [1.807, 2.05) is 24.3 Å². The Morgan fingerprint density at radius 3 is 2.12 bits per heavy atom. The fourth-order valence-corrected chi connectivity index (χ4v) is 4.27. The molecular formula is C26H26FN3OS. The van der Waals surface area contributed by atoms with E-state index in [0.29, 0.717) is 5.75 Å². The van der Waals surface area contributed by atoms with E-state index in [1.165, 1.54) is 17.7 Å². The Labute approximate surface area is 192 Å². The zero-order chi connectivity index (χ0) is 22.7. The Hall–Kier alpha value is -3.12. The first-order valence-corrected chi connectivity index (χ1v) is 11.4. The summed E-state index contributed by atoms with van der Waals surface area (Å²) in [7, 11) is 1.65. The number of aromatic nitrogens is 3. The molecule has 0 atom stereocenters. The van der Waals surface area contributed by atoms with E-state index >= 15 is 0 Å². The van der Waals surface area contributed by atoms with Crippen molar-refractivity contribution >= 4 is 11.8 Å². The Bertz CT molecular complexity index is 1180. The van der Waals surface area contributed by atoms with Crippen LogP contribution in [0.5, 0.6) is 5.75 Å². The average Bonchev–Trinajstić information content (AvgIpc) is 3.22. The van der Waals surface area contributed by atoms with Crippen LogP contribution in [0.1, 0.15) is 31.9 Å². The van der Waals surface area contributed by atoms with E-state index in [4.69, 9.17) is 4.74 Å². The summed E-state index contributed by atoms with van der Waals surface area (Å²) in [5.74, 6) is 1.99. The molecule has 0 saturated heterocycles.